The summed E-state index contributed by atoms with van der Waals surface area (Å²) in [6, 6.07) is 8.40. The third-order valence-electron chi connectivity index (χ3n) is 2.60. The molecule has 0 aromatic heterocycles. The SMILES string of the molecule is O=C(CCN1C(=O)CNC1=O)c1ccccc1. The van der Waals surface area contributed by atoms with Crippen molar-refractivity contribution in [2.45, 2.75) is 6.42 Å². The summed E-state index contributed by atoms with van der Waals surface area (Å²) in [7, 11) is 0. The summed E-state index contributed by atoms with van der Waals surface area (Å²) in [6.45, 7) is 0.163. The minimum Gasteiger partial charge on any atom is -0.329 e. The quantitative estimate of drug-likeness (QED) is 0.617. The molecule has 0 radical (unpaired) electrons. The van der Waals surface area contributed by atoms with Crippen LogP contribution in [-0.4, -0.2) is 35.7 Å². The summed E-state index contributed by atoms with van der Waals surface area (Å²) >= 11 is 0. The van der Waals surface area contributed by atoms with Crippen molar-refractivity contribution >= 4 is 17.7 Å². The number of amides is 3. The van der Waals surface area contributed by atoms with Crippen LogP contribution < -0.4 is 5.32 Å². The molecule has 1 aliphatic rings. The first-order valence-corrected chi connectivity index (χ1v) is 5.35. The predicted molar refractivity (Wildman–Crippen MR) is 60.5 cm³/mol. The lowest BCUT2D eigenvalue weighted by molar-refractivity contribution is -0.124. The van der Waals surface area contributed by atoms with Crippen molar-refractivity contribution in [2.24, 2.45) is 0 Å². The summed E-state index contributed by atoms with van der Waals surface area (Å²) in [5.41, 5.74) is 0.597. The summed E-state index contributed by atoms with van der Waals surface area (Å²) in [6.07, 6.45) is 0.156. The van der Waals surface area contributed by atoms with Crippen LogP contribution in [0.1, 0.15) is 16.8 Å². The lowest BCUT2D eigenvalue weighted by Gasteiger charge is -2.11. The van der Waals surface area contributed by atoms with Crippen LogP contribution in [0, 0.1) is 0 Å². The third-order valence-corrected chi connectivity index (χ3v) is 2.60. The molecule has 1 aliphatic heterocycles. The fraction of sp³-hybridized carbons (Fsp3) is 0.250. The Balaban J connectivity index is 1.93. The highest BCUT2D eigenvalue weighted by molar-refractivity contribution is 6.03. The zero-order valence-electron chi connectivity index (χ0n) is 9.18. The van der Waals surface area contributed by atoms with E-state index in [4.69, 9.17) is 0 Å². The number of hydrogen-bond acceptors (Lipinski definition) is 3. The number of carbonyl (C=O) groups is 3. The number of hydrogen-bond donors (Lipinski definition) is 1. The number of carbonyl (C=O) groups excluding carboxylic acids is 3. The third kappa shape index (κ3) is 2.50. The van der Waals surface area contributed by atoms with Gasteiger partial charge in [0.05, 0.1) is 6.54 Å². The Bertz CT molecular complexity index is 440. The van der Waals surface area contributed by atoms with Gasteiger partial charge in [-0.05, 0) is 0 Å². The topological polar surface area (TPSA) is 66.5 Å². The van der Waals surface area contributed by atoms with Crippen LogP contribution in [0.5, 0.6) is 0 Å². The van der Waals surface area contributed by atoms with Gasteiger partial charge in [-0.25, -0.2) is 4.79 Å². The first-order chi connectivity index (χ1) is 8.18. The zero-order valence-corrected chi connectivity index (χ0v) is 9.18. The average molecular weight is 232 g/mol. The minimum atomic E-state index is -0.420. The Labute approximate surface area is 98.4 Å². The largest absolute Gasteiger partial charge is 0.329 e. The molecule has 0 atom stereocenters. The molecule has 0 saturated carbocycles. The summed E-state index contributed by atoms with van der Waals surface area (Å²) in [5.74, 6) is -0.353. The van der Waals surface area contributed by atoms with Crippen LogP contribution >= 0.6 is 0 Å². The van der Waals surface area contributed by atoms with Gasteiger partial charge in [-0.15, -0.1) is 0 Å². The molecular formula is C12H12N2O3. The van der Waals surface area contributed by atoms with E-state index in [0.717, 1.165) is 4.90 Å². The normalized spacial score (nSPS) is 14.9. The Morgan fingerprint density at radius 1 is 1.24 bits per heavy atom. The van der Waals surface area contributed by atoms with Gasteiger partial charge < -0.3 is 5.32 Å². The zero-order chi connectivity index (χ0) is 12.3. The Hall–Kier alpha value is -2.17. The van der Waals surface area contributed by atoms with E-state index < -0.39 is 6.03 Å². The van der Waals surface area contributed by atoms with Crippen LogP contribution in [0.25, 0.3) is 0 Å². The maximum atomic E-state index is 11.7. The summed E-state index contributed by atoms with van der Waals surface area (Å²) in [4.78, 5) is 35.3. The molecule has 1 aromatic carbocycles. The van der Waals surface area contributed by atoms with E-state index in [0.29, 0.717) is 5.56 Å². The Morgan fingerprint density at radius 2 is 1.94 bits per heavy atom. The second kappa shape index (κ2) is 4.78. The molecule has 5 heteroatoms. The highest BCUT2D eigenvalue weighted by atomic mass is 16.2. The number of urea groups is 1. The smallest absolute Gasteiger partial charge is 0.324 e. The molecule has 0 unspecified atom stereocenters. The Kier molecular flexibility index (Phi) is 3.18. The van der Waals surface area contributed by atoms with Crippen molar-refractivity contribution in [3.8, 4) is 0 Å². The van der Waals surface area contributed by atoms with Gasteiger partial charge in [-0.3, -0.25) is 14.5 Å². The number of imide groups is 1. The van der Waals surface area contributed by atoms with E-state index >= 15 is 0 Å². The van der Waals surface area contributed by atoms with Crippen LogP contribution in [0.15, 0.2) is 30.3 Å². The number of nitrogens with zero attached hydrogens (tertiary/aromatic N) is 1. The first kappa shape index (κ1) is 11.3. The van der Waals surface area contributed by atoms with Crippen molar-refractivity contribution < 1.29 is 14.4 Å². The van der Waals surface area contributed by atoms with Crippen molar-refractivity contribution in [2.75, 3.05) is 13.1 Å². The molecular weight excluding hydrogens is 220 g/mol. The standard InChI is InChI=1S/C12H12N2O3/c15-10(9-4-2-1-3-5-9)6-7-14-11(16)8-13-12(14)17/h1-5H,6-8H2,(H,13,17). The van der Waals surface area contributed by atoms with Crippen molar-refractivity contribution in [3.63, 3.8) is 0 Å². The number of rotatable bonds is 4. The van der Waals surface area contributed by atoms with Crippen LogP contribution in [0.3, 0.4) is 0 Å². The molecule has 88 valence electrons. The molecule has 0 spiro atoms. The Morgan fingerprint density at radius 3 is 2.53 bits per heavy atom. The maximum Gasteiger partial charge on any atom is 0.324 e. The number of ketones is 1. The van der Waals surface area contributed by atoms with Crippen LogP contribution in [0.4, 0.5) is 4.79 Å². The average Bonchev–Trinajstić information content (AvgIpc) is 2.67. The molecule has 3 amide bonds. The minimum absolute atomic E-state index is 0.0262. The number of benzene rings is 1. The van der Waals surface area contributed by atoms with E-state index in [1.54, 1.807) is 24.3 Å². The van der Waals surface area contributed by atoms with Crippen LogP contribution in [-0.2, 0) is 4.79 Å². The van der Waals surface area contributed by atoms with Crippen molar-refractivity contribution in [1.82, 2.24) is 10.2 Å². The van der Waals surface area contributed by atoms with E-state index in [2.05, 4.69) is 5.32 Å². The lowest BCUT2D eigenvalue weighted by atomic mass is 10.1. The van der Waals surface area contributed by atoms with E-state index in [9.17, 15) is 14.4 Å². The fourth-order valence-corrected chi connectivity index (χ4v) is 1.66. The number of Topliss-reactive ketones (excluding diaryl/α,β-unsaturated/α-hetero) is 1. The highest BCUT2D eigenvalue weighted by Gasteiger charge is 2.28. The second-order valence-corrected chi connectivity index (χ2v) is 3.74. The molecule has 1 aromatic rings. The number of nitrogens with one attached hydrogen (secondary N) is 1. The van der Waals surface area contributed by atoms with E-state index in [1.807, 2.05) is 6.07 Å². The molecule has 2 rings (SSSR count). The molecule has 17 heavy (non-hydrogen) atoms. The van der Waals surface area contributed by atoms with Crippen molar-refractivity contribution in [3.05, 3.63) is 35.9 Å². The maximum absolute atomic E-state index is 11.7. The molecule has 5 nitrogen and oxygen atoms in total. The van der Waals surface area contributed by atoms with Gasteiger partial charge in [0.2, 0.25) is 5.91 Å². The van der Waals surface area contributed by atoms with Gasteiger partial charge in [-0.1, -0.05) is 30.3 Å². The van der Waals surface area contributed by atoms with Gasteiger partial charge in [0.15, 0.2) is 5.78 Å². The van der Waals surface area contributed by atoms with Gasteiger partial charge in [0.1, 0.15) is 0 Å². The second-order valence-electron chi connectivity index (χ2n) is 3.74. The molecule has 0 bridgehead atoms. The van der Waals surface area contributed by atoms with E-state index in [-0.39, 0.29) is 31.2 Å². The summed E-state index contributed by atoms with van der Waals surface area (Å²) in [5, 5.41) is 2.41. The van der Waals surface area contributed by atoms with Gasteiger partial charge >= 0.3 is 6.03 Å². The lowest BCUT2D eigenvalue weighted by Crippen LogP contribution is -2.32. The first-order valence-electron chi connectivity index (χ1n) is 5.35. The molecule has 1 N–H and O–H groups in total. The van der Waals surface area contributed by atoms with Gasteiger partial charge in [0.25, 0.3) is 0 Å². The van der Waals surface area contributed by atoms with Gasteiger partial charge in [-0.2, -0.15) is 0 Å². The monoisotopic (exact) mass is 232 g/mol. The van der Waals surface area contributed by atoms with Crippen LogP contribution in [0.2, 0.25) is 0 Å². The predicted octanol–water partition coefficient (Wildman–Crippen LogP) is 0.811. The molecule has 1 fully saturated rings. The van der Waals surface area contributed by atoms with E-state index in [1.165, 1.54) is 0 Å². The summed E-state index contributed by atoms with van der Waals surface area (Å²) < 4.78 is 0. The highest BCUT2D eigenvalue weighted by Crippen LogP contribution is 2.06. The van der Waals surface area contributed by atoms with Crippen molar-refractivity contribution in [1.29, 1.82) is 0 Å². The fourth-order valence-electron chi connectivity index (χ4n) is 1.66. The molecule has 1 heterocycles. The molecule has 1 saturated heterocycles. The molecule has 0 aliphatic carbocycles. The van der Waals surface area contributed by atoms with Gasteiger partial charge in [0, 0.05) is 18.5 Å².